The van der Waals surface area contributed by atoms with Gasteiger partial charge in [0.2, 0.25) is 17.7 Å². The first-order valence-electron chi connectivity index (χ1n) is 10.9. The van der Waals surface area contributed by atoms with Crippen LogP contribution in [0.25, 0.3) is 0 Å². The Labute approximate surface area is 217 Å². The molecule has 0 aliphatic carbocycles. The number of imide groups is 1. The Morgan fingerprint density at radius 3 is 2.08 bits per heavy atom. The summed E-state index contributed by atoms with van der Waals surface area (Å²) in [5, 5.41) is 2.84. The molecule has 2 aromatic rings. The fourth-order valence-corrected chi connectivity index (χ4v) is 4.27. The molecule has 1 aromatic carbocycles. The zero-order chi connectivity index (χ0) is 28.2. The number of carbonyl (C=O) groups excluding carboxylic acids is 4. The molecule has 202 valence electrons. The molecule has 1 aliphatic heterocycles. The highest BCUT2D eigenvalue weighted by atomic mass is 32.2. The highest BCUT2D eigenvalue weighted by Crippen LogP contribution is 2.26. The van der Waals surface area contributed by atoms with Crippen molar-refractivity contribution in [3.63, 3.8) is 0 Å². The van der Waals surface area contributed by atoms with Crippen LogP contribution in [-0.4, -0.2) is 68.0 Å². The Morgan fingerprint density at radius 2 is 1.55 bits per heavy atom. The van der Waals surface area contributed by atoms with Crippen molar-refractivity contribution in [2.75, 3.05) is 31.6 Å². The van der Waals surface area contributed by atoms with Gasteiger partial charge < -0.3 is 14.2 Å². The van der Waals surface area contributed by atoms with Gasteiger partial charge in [-0.2, -0.15) is 15.0 Å². The number of hydrazine groups is 1. The van der Waals surface area contributed by atoms with E-state index in [-0.39, 0.29) is 41.1 Å². The van der Waals surface area contributed by atoms with Gasteiger partial charge in [-0.15, -0.1) is 0 Å². The number of ether oxygens (including phenoxy) is 3. The number of esters is 1. The van der Waals surface area contributed by atoms with Crippen LogP contribution in [0.3, 0.4) is 0 Å². The van der Waals surface area contributed by atoms with Crippen molar-refractivity contribution < 1.29 is 41.8 Å². The molecule has 2 heterocycles. The van der Waals surface area contributed by atoms with Crippen molar-refractivity contribution in [1.29, 1.82) is 0 Å². The lowest BCUT2D eigenvalue weighted by molar-refractivity contribution is -0.135. The minimum absolute atomic E-state index is 0.0318. The number of anilines is 2. The summed E-state index contributed by atoms with van der Waals surface area (Å²) in [7, 11) is -2.10. The van der Waals surface area contributed by atoms with E-state index >= 15 is 0 Å². The SMILES string of the molecule is CCOC(=O)c1ccc(NN2C(=O)C(C)=C(C)C2=O)cc1S(=O)(=O)NC(=O)Nc1nc(OC)cc(OC)n1. The first kappa shape index (κ1) is 27.9. The number of hydrogen-bond acceptors (Lipinski definition) is 12. The molecule has 1 aromatic heterocycles. The monoisotopic (exact) mass is 548 g/mol. The molecule has 4 amide bonds. The molecule has 0 unspecified atom stereocenters. The summed E-state index contributed by atoms with van der Waals surface area (Å²) < 4.78 is 43.0. The largest absolute Gasteiger partial charge is 0.481 e. The molecular weight excluding hydrogens is 524 g/mol. The third-order valence-electron chi connectivity index (χ3n) is 5.17. The Kier molecular flexibility index (Phi) is 8.15. The van der Waals surface area contributed by atoms with E-state index in [2.05, 4.69) is 20.7 Å². The van der Waals surface area contributed by atoms with Gasteiger partial charge in [0.1, 0.15) is 4.90 Å². The number of nitrogens with one attached hydrogen (secondary N) is 3. The van der Waals surface area contributed by atoms with Crippen LogP contribution in [0.5, 0.6) is 11.8 Å². The number of benzene rings is 1. The Bertz CT molecular complexity index is 1410. The minimum Gasteiger partial charge on any atom is -0.481 e. The molecule has 0 saturated heterocycles. The van der Waals surface area contributed by atoms with Crippen LogP contribution >= 0.6 is 0 Å². The van der Waals surface area contributed by atoms with Gasteiger partial charge in [0.15, 0.2) is 0 Å². The van der Waals surface area contributed by atoms with E-state index in [0.29, 0.717) is 5.01 Å². The van der Waals surface area contributed by atoms with E-state index in [1.54, 1.807) is 4.72 Å². The molecule has 1 aliphatic rings. The predicted molar refractivity (Wildman–Crippen MR) is 131 cm³/mol. The standard InChI is InChI=1S/C22H24N6O9S/c1-6-37-20(31)14-8-7-13(26-28-18(29)11(2)12(3)19(28)30)9-15(14)38(33,34)27-22(32)25-21-23-16(35-4)10-17(24-21)36-5/h7-10,26H,6H2,1-5H3,(H2,23,24,25,27,32). The molecule has 15 nitrogen and oxygen atoms in total. The Hall–Kier alpha value is -4.73. The maximum atomic E-state index is 13.2. The van der Waals surface area contributed by atoms with Crippen LogP contribution < -0.4 is 24.9 Å². The van der Waals surface area contributed by atoms with Gasteiger partial charge in [0.05, 0.1) is 38.1 Å². The van der Waals surface area contributed by atoms with E-state index in [1.165, 1.54) is 47.1 Å². The molecule has 0 atom stereocenters. The summed E-state index contributed by atoms with van der Waals surface area (Å²) in [6.45, 7) is 4.42. The lowest BCUT2D eigenvalue weighted by Gasteiger charge is -2.19. The topological polar surface area (TPSA) is 195 Å². The van der Waals surface area contributed by atoms with Gasteiger partial charge in [0, 0.05) is 11.1 Å². The van der Waals surface area contributed by atoms with Crippen molar-refractivity contribution >= 4 is 45.5 Å². The molecule has 3 rings (SSSR count). The number of aromatic nitrogens is 2. The average Bonchev–Trinajstić information content (AvgIpc) is 3.05. The van der Waals surface area contributed by atoms with Crippen LogP contribution in [0.1, 0.15) is 31.1 Å². The number of nitrogens with zero attached hydrogens (tertiary/aromatic N) is 3. The molecule has 0 saturated carbocycles. The van der Waals surface area contributed by atoms with Crippen LogP contribution in [0.15, 0.2) is 40.3 Å². The summed E-state index contributed by atoms with van der Waals surface area (Å²) in [5.41, 5.74) is 2.52. The lowest BCUT2D eigenvalue weighted by Crippen LogP contribution is -2.37. The first-order chi connectivity index (χ1) is 17.9. The minimum atomic E-state index is -4.73. The number of sulfonamides is 1. The maximum absolute atomic E-state index is 13.2. The van der Waals surface area contributed by atoms with Gasteiger partial charge >= 0.3 is 12.0 Å². The van der Waals surface area contributed by atoms with Crippen LogP contribution in [-0.2, 0) is 24.3 Å². The molecule has 0 bridgehead atoms. The van der Waals surface area contributed by atoms with E-state index in [4.69, 9.17) is 14.2 Å². The van der Waals surface area contributed by atoms with E-state index in [1.807, 2.05) is 0 Å². The first-order valence-corrected chi connectivity index (χ1v) is 12.3. The van der Waals surface area contributed by atoms with Crippen LogP contribution in [0.2, 0.25) is 0 Å². The second-order valence-corrected chi connectivity index (χ2v) is 9.23. The summed E-state index contributed by atoms with van der Waals surface area (Å²) in [6.07, 6.45) is 0. The highest BCUT2D eigenvalue weighted by Gasteiger charge is 2.34. The third-order valence-corrected chi connectivity index (χ3v) is 6.54. The smallest absolute Gasteiger partial charge is 0.339 e. The molecular formula is C22H24N6O9S. The van der Waals surface area contributed by atoms with E-state index < -0.39 is 44.3 Å². The molecule has 16 heteroatoms. The maximum Gasteiger partial charge on any atom is 0.339 e. The fourth-order valence-electron chi connectivity index (χ4n) is 3.14. The summed E-state index contributed by atoms with van der Waals surface area (Å²) in [6, 6.07) is 3.41. The average molecular weight is 549 g/mol. The van der Waals surface area contributed by atoms with Gasteiger partial charge in [-0.3, -0.25) is 20.3 Å². The number of hydrogen-bond donors (Lipinski definition) is 3. The van der Waals surface area contributed by atoms with E-state index in [9.17, 15) is 27.6 Å². The van der Waals surface area contributed by atoms with Crippen molar-refractivity contribution in [1.82, 2.24) is 19.7 Å². The second-order valence-electron chi connectivity index (χ2n) is 7.57. The van der Waals surface area contributed by atoms with Crippen LogP contribution in [0, 0.1) is 0 Å². The quantitative estimate of drug-likeness (QED) is 0.300. The number of rotatable bonds is 9. The molecule has 0 fully saturated rings. The second kappa shape index (κ2) is 11.1. The zero-order valence-electron chi connectivity index (χ0n) is 20.9. The van der Waals surface area contributed by atoms with Gasteiger partial charge in [-0.05, 0) is 39.0 Å². The third kappa shape index (κ3) is 5.80. The van der Waals surface area contributed by atoms with Crippen molar-refractivity contribution in [2.24, 2.45) is 0 Å². The summed E-state index contributed by atoms with van der Waals surface area (Å²) in [4.78, 5) is 56.8. The normalized spacial score (nSPS) is 13.3. The lowest BCUT2D eigenvalue weighted by atomic mass is 10.2. The highest BCUT2D eigenvalue weighted by molar-refractivity contribution is 7.90. The van der Waals surface area contributed by atoms with Crippen molar-refractivity contribution in [3.05, 3.63) is 41.0 Å². The summed E-state index contributed by atoms with van der Waals surface area (Å²) in [5.74, 6) is -2.51. The molecule has 0 spiro atoms. The van der Waals surface area contributed by atoms with Gasteiger partial charge in [0.25, 0.3) is 21.8 Å². The molecule has 0 radical (unpaired) electrons. The van der Waals surface area contributed by atoms with E-state index in [0.717, 1.165) is 12.1 Å². The van der Waals surface area contributed by atoms with Crippen molar-refractivity contribution in [3.8, 4) is 11.8 Å². The predicted octanol–water partition coefficient (Wildman–Crippen LogP) is 1.21. The number of methoxy groups -OCH3 is 2. The zero-order valence-corrected chi connectivity index (χ0v) is 21.8. The van der Waals surface area contributed by atoms with Gasteiger partial charge in [-0.25, -0.2) is 22.7 Å². The summed E-state index contributed by atoms with van der Waals surface area (Å²) >= 11 is 0. The molecule has 3 N–H and O–H groups in total. The Morgan fingerprint density at radius 1 is 0.974 bits per heavy atom. The van der Waals surface area contributed by atoms with Gasteiger partial charge in [-0.1, -0.05) is 0 Å². The number of urea groups is 1. The molecule has 38 heavy (non-hydrogen) atoms. The Balaban J connectivity index is 1.92. The number of carbonyl (C=O) groups is 4. The fraction of sp³-hybridized carbons (Fsp3) is 0.273. The number of amides is 4. The van der Waals surface area contributed by atoms with Crippen LogP contribution in [0.4, 0.5) is 16.4 Å². The van der Waals surface area contributed by atoms with Crippen molar-refractivity contribution in [2.45, 2.75) is 25.7 Å².